The Kier molecular flexibility index (Phi) is 11.0. The number of carbonyl (C=O) groups excluding carboxylic acids is 2. The highest BCUT2D eigenvalue weighted by Gasteiger charge is 2.02. The van der Waals surface area contributed by atoms with Gasteiger partial charge < -0.3 is 9.47 Å². The molecule has 0 spiro atoms. The molecule has 2 N–H and O–H groups in total. The highest BCUT2D eigenvalue weighted by Crippen LogP contribution is 2.11. The van der Waals surface area contributed by atoms with Gasteiger partial charge in [0.1, 0.15) is 11.5 Å². The van der Waals surface area contributed by atoms with E-state index in [0.717, 1.165) is 48.3 Å². The average molecular weight is 439 g/mol. The minimum Gasteiger partial charge on any atom is -0.497 e. The molecule has 8 heteroatoms. The molecule has 2 aromatic rings. The SMILES string of the molecule is COc1cccc(/C=N/NC(=O)CCCCCCC(=O)N/N=C/c2cccc(OC)c2)c1. The molecule has 0 aliphatic heterocycles. The Labute approximate surface area is 188 Å². The maximum absolute atomic E-state index is 11.8. The molecule has 0 aliphatic rings. The van der Waals surface area contributed by atoms with Crippen molar-refractivity contribution in [1.29, 1.82) is 0 Å². The molecule has 0 bridgehead atoms. The highest BCUT2D eigenvalue weighted by molar-refractivity contribution is 5.83. The van der Waals surface area contributed by atoms with E-state index in [9.17, 15) is 9.59 Å². The van der Waals surface area contributed by atoms with Gasteiger partial charge >= 0.3 is 0 Å². The number of hydrazone groups is 2. The van der Waals surface area contributed by atoms with Crippen LogP contribution < -0.4 is 20.3 Å². The number of nitrogens with zero attached hydrogens (tertiary/aromatic N) is 2. The van der Waals surface area contributed by atoms with Crippen LogP contribution >= 0.6 is 0 Å². The van der Waals surface area contributed by atoms with Gasteiger partial charge in [0.2, 0.25) is 11.8 Å². The lowest BCUT2D eigenvalue weighted by atomic mass is 10.1. The fourth-order valence-electron chi connectivity index (χ4n) is 2.84. The Bertz CT molecular complexity index is 852. The Balaban J connectivity index is 1.52. The Morgan fingerprint density at radius 3 is 1.59 bits per heavy atom. The van der Waals surface area contributed by atoms with Crippen molar-refractivity contribution in [2.24, 2.45) is 10.2 Å². The summed E-state index contributed by atoms with van der Waals surface area (Å²) in [6.45, 7) is 0. The van der Waals surface area contributed by atoms with Crippen molar-refractivity contribution in [1.82, 2.24) is 10.9 Å². The largest absolute Gasteiger partial charge is 0.497 e. The zero-order valence-corrected chi connectivity index (χ0v) is 18.5. The van der Waals surface area contributed by atoms with E-state index in [1.54, 1.807) is 26.6 Å². The summed E-state index contributed by atoms with van der Waals surface area (Å²) in [5.41, 5.74) is 6.73. The number of amides is 2. The molecule has 2 amide bonds. The summed E-state index contributed by atoms with van der Waals surface area (Å²) in [6, 6.07) is 14.8. The topological polar surface area (TPSA) is 101 Å². The lowest BCUT2D eigenvalue weighted by Gasteiger charge is -2.02. The van der Waals surface area contributed by atoms with Gasteiger partial charge in [-0.25, -0.2) is 10.9 Å². The van der Waals surface area contributed by atoms with E-state index in [2.05, 4.69) is 21.1 Å². The zero-order valence-electron chi connectivity index (χ0n) is 18.5. The number of carbonyl (C=O) groups is 2. The number of ether oxygens (including phenoxy) is 2. The maximum atomic E-state index is 11.8. The van der Waals surface area contributed by atoms with Crippen molar-refractivity contribution >= 4 is 24.2 Å². The molecule has 0 heterocycles. The number of nitrogens with one attached hydrogen (secondary N) is 2. The van der Waals surface area contributed by atoms with Crippen LogP contribution in [0.5, 0.6) is 11.5 Å². The van der Waals surface area contributed by atoms with Crippen LogP contribution in [0.1, 0.15) is 49.7 Å². The second-order valence-corrected chi connectivity index (χ2v) is 7.05. The smallest absolute Gasteiger partial charge is 0.240 e. The van der Waals surface area contributed by atoms with Gasteiger partial charge in [-0.05, 0) is 48.2 Å². The summed E-state index contributed by atoms with van der Waals surface area (Å²) in [7, 11) is 3.20. The molecule has 170 valence electrons. The molecule has 0 saturated carbocycles. The van der Waals surface area contributed by atoms with E-state index >= 15 is 0 Å². The van der Waals surface area contributed by atoms with Crippen molar-refractivity contribution in [3.05, 3.63) is 59.7 Å². The normalized spacial score (nSPS) is 10.9. The fraction of sp³-hybridized carbons (Fsp3) is 0.333. The second-order valence-electron chi connectivity index (χ2n) is 7.05. The van der Waals surface area contributed by atoms with Gasteiger partial charge in [0.05, 0.1) is 26.6 Å². The van der Waals surface area contributed by atoms with Crippen LogP contribution in [0.15, 0.2) is 58.7 Å². The van der Waals surface area contributed by atoms with Crippen LogP contribution in [0.25, 0.3) is 0 Å². The monoisotopic (exact) mass is 438 g/mol. The quantitative estimate of drug-likeness (QED) is 0.283. The molecule has 0 unspecified atom stereocenters. The third-order valence-corrected chi connectivity index (χ3v) is 4.55. The van der Waals surface area contributed by atoms with Crippen LogP contribution in [0, 0.1) is 0 Å². The summed E-state index contributed by atoms with van der Waals surface area (Å²) < 4.78 is 10.3. The number of unbranched alkanes of at least 4 members (excludes halogenated alkanes) is 3. The van der Waals surface area contributed by atoms with Crippen molar-refractivity contribution in [3.8, 4) is 11.5 Å². The molecule has 2 rings (SSSR count). The maximum Gasteiger partial charge on any atom is 0.240 e. The second kappa shape index (κ2) is 14.3. The van der Waals surface area contributed by atoms with Crippen molar-refractivity contribution in [2.75, 3.05) is 14.2 Å². The van der Waals surface area contributed by atoms with Crippen LogP contribution in [0.3, 0.4) is 0 Å². The lowest BCUT2D eigenvalue weighted by molar-refractivity contribution is -0.122. The first kappa shape index (κ1) is 24.6. The summed E-state index contributed by atoms with van der Waals surface area (Å²) >= 11 is 0. The Morgan fingerprint density at radius 2 is 1.19 bits per heavy atom. The zero-order chi connectivity index (χ0) is 23.0. The first-order valence-corrected chi connectivity index (χ1v) is 10.5. The van der Waals surface area contributed by atoms with E-state index in [0.29, 0.717) is 12.8 Å². The standard InChI is InChI=1S/C24H30N4O4/c1-31-21-11-7-9-19(15-21)17-25-27-23(29)13-5-3-4-6-14-24(30)28-26-18-20-10-8-12-22(16-20)32-2/h7-12,15-18H,3-6,13-14H2,1-2H3,(H,27,29)(H,28,30)/b25-17+,26-18+. The summed E-state index contributed by atoms with van der Waals surface area (Å²) in [5, 5.41) is 7.92. The molecule has 0 aliphatic carbocycles. The number of hydrogen-bond acceptors (Lipinski definition) is 6. The minimum absolute atomic E-state index is 0.131. The van der Waals surface area contributed by atoms with Gasteiger partial charge in [0.25, 0.3) is 0 Å². The fourth-order valence-corrected chi connectivity index (χ4v) is 2.84. The first-order chi connectivity index (χ1) is 15.6. The molecular formula is C24H30N4O4. The van der Waals surface area contributed by atoms with E-state index < -0.39 is 0 Å². The lowest BCUT2D eigenvalue weighted by Crippen LogP contribution is -2.17. The molecule has 0 atom stereocenters. The van der Waals surface area contributed by atoms with Crippen molar-refractivity contribution in [2.45, 2.75) is 38.5 Å². The van der Waals surface area contributed by atoms with Gasteiger partial charge in [-0.3, -0.25) is 9.59 Å². The van der Waals surface area contributed by atoms with Crippen molar-refractivity contribution < 1.29 is 19.1 Å². The summed E-state index contributed by atoms with van der Waals surface area (Å²) in [6.07, 6.45) is 7.18. The van der Waals surface area contributed by atoms with Gasteiger partial charge in [0, 0.05) is 12.8 Å². The molecule has 0 saturated heterocycles. The molecule has 8 nitrogen and oxygen atoms in total. The van der Waals surface area contributed by atoms with E-state index in [4.69, 9.17) is 9.47 Å². The number of hydrogen-bond donors (Lipinski definition) is 2. The van der Waals surface area contributed by atoms with Gasteiger partial charge in [0.15, 0.2) is 0 Å². The molecule has 0 fully saturated rings. The molecule has 0 radical (unpaired) electrons. The van der Waals surface area contributed by atoms with Crippen LogP contribution in [-0.4, -0.2) is 38.5 Å². The first-order valence-electron chi connectivity index (χ1n) is 10.5. The van der Waals surface area contributed by atoms with Crippen LogP contribution in [-0.2, 0) is 9.59 Å². The summed E-state index contributed by atoms with van der Waals surface area (Å²) in [5.74, 6) is 1.21. The summed E-state index contributed by atoms with van der Waals surface area (Å²) in [4.78, 5) is 23.7. The van der Waals surface area contributed by atoms with E-state index in [1.807, 2.05) is 48.5 Å². The third-order valence-electron chi connectivity index (χ3n) is 4.55. The number of rotatable bonds is 13. The van der Waals surface area contributed by atoms with Crippen LogP contribution in [0.4, 0.5) is 0 Å². The predicted octanol–water partition coefficient (Wildman–Crippen LogP) is 3.64. The third kappa shape index (κ3) is 9.88. The Hall–Kier alpha value is -3.68. The van der Waals surface area contributed by atoms with Gasteiger partial charge in [-0.1, -0.05) is 37.1 Å². The molecular weight excluding hydrogens is 408 g/mol. The van der Waals surface area contributed by atoms with E-state index in [-0.39, 0.29) is 11.8 Å². The van der Waals surface area contributed by atoms with Gasteiger partial charge in [-0.15, -0.1) is 0 Å². The minimum atomic E-state index is -0.131. The number of methoxy groups -OCH3 is 2. The van der Waals surface area contributed by atoms with Crippen LogP contribution in [0.2, 0.25) is 0 Å². The predicted molar refractivity (Wildman–Crippen MR) is 125 cm³/mol. The Morgan fingerprint density at radius 1 is 0.750 bits per heavy atom. The van der Waals surface area contributed by atoms with E-state index in [1.165, 1.54) is 0 Å². The average Bonchev–Trinajstić information content (AvgIpc) is 2.81. The molecule has 32 heavy (non-hydrogen) atoms. The molecule has 0 aromatic heterocycles. The van der Waals surface area contributed by atoms with Crippen molar-refractivity contribution in [3.63, 3.8) is 0 Å². The number of benzene rings is 2. The molecule has 2 aromatic carbocycles. The van der Waals surface area contributed by atoms with Gasteiger partial charge in [-0.2, -0.15) is 10.2 Å². The highest BCUT2D eigenvalue weighted by atomic mass is 16.5.